The summed E-state index contributed by atoms with van der Waals surface area (Å²) < 4.78 is 5.27. The summed E-state index contributed by atoms with van der Waals surface area (Å²) in [4.78, 5) is 31.7. The largest absolute Gasteiger partial charge is 0.473 e. The van der Waals surface area contributed by atoms with E-state index in [1.54, 1.807) is 0 Å². The van der Waals surface area contributed by atoms with Gasteiger partial charge in [0.1, 0.15) is 0 Å². The monoisotopic (exact) mass is 304 g/mol. The predicted molar refractivity (Wildman–Crippen MR) is 74.7 cm³/mol. The maximum atomic E-state index is 11.1. The Morgan fingerprint density at radius 3 is 2.05 bits per heavy atom. The minimum Gasteiger partial charge on any atom is -0.473 e. The number of carbonyl (C=O) groups excluding carboxylic acids is 1. The Hall–Kier alpha value is -1.67. The van der Waals surface area contributed by atoms with Crippen LogP contribution in [0.2, 0.25) is 0 Å². The molecule has 1 atom stereocenters. The SMILES string of the molecule is CCCC(CCN1CCOCC1)C(N)=O.O=C(O)C(=O)O. The molecule has 0 radical (unpaired) electrons. The highest BCUT2D eigenvalue weighted by atomic mass is 16.5. The molecule has 0 spiro atoms. The van der Waals surface area contributed by atoms with Crippen LogP contribution in [0.4, 0.5) is 0 Å². The molecule has 0 bridgehead atoms. The standard InChI is InChI=1S/C11H22N2O2.C2H2O4/c1-2-3-10(11(12)14)4-5-13-6-8-15-9-7-13;3-1(4)2(5)6/h10H,2-9H2,1H3,(H2,12,14);(H,3,4)(H,5,6). The van der Waals surface area contributed by atoms with Gasteiger partial charge in [-0.1, -0.05) is 13.3 Å². The number of amides is 1. The predicted octanol–water partition coefficient (Wildman–Crippen LogP) is -0.234. The first-order valence-corrected chi connectivity index (χ1v) is 6.94. The van der Waals surface area contributed by atoms with Gasteiger partial charge in [0.15, 0.2) is 0 Å². The lowest BCUT2D eigenvalue weighted by molar-refractivity contribution is -0.159. The summed E-state index contributed by atoms with van der Waals surface area (Å²) in [6.45, 7) is 6.65. The Balaban J connectivity index is 0.000000567. The second-order valence-corrected chi connectivity index (χ2v) is 4.74. The van der Waals surface area contributed by atoms with Crippen LogP contribution < -0.4 is 5.73 Å². The van der Waals surface area contributed by atoms with Crippen LogP contribution in [0, 0.1) is 5.92 Å². The average molecular weight is 304 g/mol. The zero-order valence-electron chi connectivity index (χ0n) is 12.3. The number of nitrogens with zero attached hydrogens (tertiary/aromatic N) is 1. The fourth-order valence-corrected chi connectivity index (χ4v) is 1.94. The molecule has 0 aromatic rings. The van der Waals surface area contributed by atoms with Crippen LogP contribution in [0.1, 0.15) is 26.2 Å². The highest BCUT2D eigenvalue weighted by Gasteiger charge is 2.17. The lowest BCUT2D eigenvalue weighted by Crippen LogP contribution is -2.38. The van der Waals surface area contributed by atoms with Gasteiger partial charge >= 0.3 is 11.9 Å². The van der Waals surface area contributed by atoms with Gasteiger partial charge in [-0.15, -0.1) is 0 Å². The zero-order valence-corrected chi connectivity index (χ0v) is 12.3. The number of carboxylic acid groups (broad SMARTS) is 2. The van der Waals surface area contributed by atoms with E-state index < -0.39 is 11.9 Å². The Bertz CT molecular complexity index is 330. The van der Waals surface area contributed by atoms with Gasteiger partial charge in [-0.25, -0.2) is 9.59 Å². The number of carboxylic acids is 2. The smallest absolute Gasteiger partial charge is 0.414 e. The Kier molecular flexibility index (Phi) is 10.2. The van der Waals surface area contributed by atoms with E-state index >= 15 is 0 Å². The molecule has 1 amide bonds. The zero-order chi connectivity index (χ0) is 16.3. The maximum absolute atomic E-state index is 11.1. The number of hydrogen-bond acceptors (Lipinski definition) is 5. The quantitative estimate of drug-likeness (QED) is 0.577. The van der Waals surface area contributed by atoms with Crippen LogP contribution in [0.15, 0.2) is 0 Å². The number of hydrogen-bond donors (Lipinski definition) is 3. The van der Waals surface area contributed by atoms with Crippen LogP contribution in [0.5, 0.6) is 0 Å². The van der Waals surface area contributed by atoms with Crippen molar-refractivity contribution in [3.05, 3.63) is 0 Å². The molecule has 4 N–H and O–H groups in total. The van der Waals surface area contributed by atoms with Gasteiger partial charge in [0, 0.05) is 19.0 Å². The van der Waals surface area contributed by atoms with E-state index in [2.05, 4.69) is 11.8 Å². The Morgan fingerprint density at radius 1 is 1.14 bits per heavy atom. The van der Waals surface area contributed by atoms with Gasteiger partial charge in [0.05, 0.1) is 13.2 Å². The second kappa shape index (κ2) is 11.0. The first-order valence-electron chi connectivity index (χ1n) is 6.94. The molecule has 1 fully saturated rings. The number of nitrogens with two attached hydrogens (primary N) is 1. The highest BCUT2D eigenvalue weighted by molar-refractivity contribution is 6.27. The minimum atomic E-state index is -1.82. The number of carbonyl (C=O) groups is 3. The summed E-state index contributed by atoms with van der Waals surface area (Å²) in [6, 6.07) is 0. The van der Waals surface area contributed by atoms with E-state index in [4.69, 9.17) is 30.3 Å². The summed E-state index contributed by atoms with van der Waals surface area (Å²) in [6.07, 6.45) is 2.83. The van der Waals surface area contributed by atoms with Crippen molar-refractivity contribution in [2.45, 2.75) is 26.2 Å². The molecule has 8 heteroatoms. The topological polar surface area (TPSA) is 130 Å². The highest BCUT2D eigenvalue weighted by Crippen LogP contribution is 2.12. The molecule has 0 saturated carbocycles. The van der Waals surface area contributed by atoms with E-state index in [0.29, 0.717) is 0 Å². The fraction of sp³-hybridized carbons (Fsp3) is 0.769. The third-order valence-corrected chi connectivity index (χ3v) is 3.12. The van der Waals surface area contributed by atoms with Crippen molar-refractivity contribution in [1.29, 1.82) is 0 Å². The maximum Gasteiger partial charge on any atom is 0.414 e. The van der Waals surface area contributed by atoms with Crippen LogP contribution in [-0.2, 0) is 19.1 Å². The lowest BCUT2D eigenvalue weighted by atomic mass is 9.99. The summed E-state index contributed by atoms with van der Waals surface area (Å²) in [5, 5.41) is 14.8. The summed E-state index contributed by atoms with van der Waals surface area (Å²) in [5.74, 6) is -3.74. The molecule has 0 aliphatic carbocycles. The van der Waals surface area contributed by atoms with E-state index in [-0.39, 0.29) is 11.8 Å². The molecule has 1 unspecified atom stereocenters. The first-order chi connectivity index (χ1) is 9.88. The van der Waals surface area contributed by atoms with Crippen molar-refractivity contribution in [2.75, 3.05) is 32.8 Å². The van der Waals surface area contributed by atoms with Crippen molar-refractivity contribution in [3.8, 4) is 0 Å². The van der Waals surface area contributed by atoms with Crippen LogP contribution in [0.3, 0.4) is 0 Å². The van der Waals surface area contributed by atoms with Crippen LogP contribution in [-0.4, -0.2) is 65.8 Å². The normalized spacial score (nSPS) is 16.4. The number of morpholine rings is 1. The van der Waals surface area contributed by atoms with Gasteiger partial charge < -0.3 is 20.7 Å². The molecule has 122 valence electrons. The third-order valence-electron chi connectivity index (χ3n) is 3.12. The van der Waals surface area contributed by atoms with Crippen molar-refractivity contribution >= 4 is 17.8 Å². The average Bonchev–Trinajstić information content (AvgIpc) is 2.44. The molecule has 1 saturated heterocycles. The Labute approximate surface area is 123 Å². The number of ether oxygens (including phenoxy) is 1. The van der Waals surface area contributed by atoms with Crippen molar-refractivity contribution < 1.29 is 29.3 Å². The first kappa shape index (κ1) is 19.3. The van der Waals surface area contributed by atoms with Crippen molar-refractivity contribution in [3.63, 3.8) is 0 Å². The van der Waals surface area contributed by atoms with E-state index in [0.717, 1.165) is 52.1 Å². The molecule has 21 heavy (non-hydrogen) atoms. The summed E-state index contributed by atoms with van der Waals surface area (Å²) >= 11 is 0. The van der Waals surface area contributed by atoms with E-state index in [1.807, 2.05) is 0 Å². The molecule has 0 aromatic heterocycles. The third kappa shape index (κ3) is 9.80. The summed E-state index contributed by atoms with van der Waals surface area (Å²) in [7, 11) is 0. The Morgan fingerprint density at radius 2 is 1.67 bits per heavy atom. The number of primary amides is 1. The van der Waals surface area contributed by atoms with Crippen molar-refractivity contribution in [2.24, 2.45) is 11.7 Å². The van der Waals surface area contributed by atoms with Crippen LogP contribution in [0.25, 0.3) is 0 Å². The van der Waals surface area contributed by atoms with E-state index in [1.165, 1.54) is 0 Å². The van der Waals surface area contributed by atoms with Gasteiger partial charge in [-0.3, -0.25) is 9.69 Å². The van der Waals surface area contributed by atoms with Gasteiger partial charge in [-0.05, 0) is 19.4 Å². The van der Waals surface area contributed by atoms with Gasteiger partial charge in [-0.2, -0.15) is 0 Å². The lowest BCUT2D eigenvalue weighted by Gasteiger charge is -2.27. The molecule has 1 heterocycles. The molecular formula is C13H24N2O6. The second-order valence-electron chi connectivity index (χ2n) is 4.74. The number of aliphatic carboxylic acids is 2. The molecule has 1 aliphatic rings. The molecule has 8 nitrogen and oxygen atoms in total. The fourth-order valence-electron chi connectivity index (χ4n) is 1.94. The molecule has 0 aromatic carbocycles. The molecule has 1 aliphatic heterocycles. The summed E-state index contributed by atoms with van der Waals surface area (Å²) in [5.41, 5.74) is 5.36. The molecule has 1 rings (SSSR count). The minimum absolute atomic E-state index is 0.0536. The van der Waals surface area contributed by atoms with Gasteiger partial charge in [0.2, 0.25) is 5.91 Å². The molecular weight excluding hydrogens is 280 g/mol. The number of rotatable bonds is 6. The van der Waals surface area contributed by atoms with E-state index in [9.17, 15) is 4.79 Å². The van der Waals surface area contributed by atoms with Crippen molar-refractivity contribution in [1.82, 2.24) is 4.90 Å². The van der Waals surface area contributed by atoms with Crippen LogP contribution >= 0.6 is 0 Å². The van der Waals surface area contributed by atoms with Gasteiger partial charge in [0.25, 0.3) is 0 Å².